The molecule has 0 aromatic heterocycles. The van der Waals surface area contributed by atoms with Crippen molar-refractivity contribution in [3.8, 4) is 0 Å². The molecule has 3 heteroatoms. The number of rotatable bonds is 1. The van der Waals surface area contributed by atoms with Gasteiger partial charge in [-0.3, -0.25) is 0 Å². The van der Waals surface area contributed by atoms with Crippen LogP contribution in [0.15, 0.2) is 24.3 Å². The van der Waals surface area contributed by atoms with Gasteiger partial charge in [-0.25, -0.2) is 4.79 Å². The molecule has 1 N–H and O–H groups in total. The Balaban J connectivity index is 2.17. The second-order valence-electron chi connectivity index (χ2n) is 5.17. The highest BCUT2D eigenvalue weighted by molar-refractivity contribution is 5.70. The standard InChI is InChI=1S/C13H17NO2/c1-13(2,3)10-6-4-9(5-7-10)11-8-16-12(15)14-11/h4-7,11H,8H2,1-3H3,(H,14,15)/t11-/m1/s1. The second-order valence-corrected chi connectivity index (χ2v) is 5.17. The Kier molecular flexibility index (Phi) is 2.62. The number of hydrogen-bond donors (Lipinski definition) is 1. The molecule has 1 aliphatic heterocycles. The Hall–Kier alpha value is -1.51. The van der Waals surface area contributed by atoms with Crippen molar-refractivity contribution in [1.29, 1.82) is 0 Å². The lowest BCUT2D eigenvalue weighted by Gasteiger charge is -2.19. The molecule has 1 aliphatic rings. The molecule has 1 aromatic carbocycles. The Labute approximate surface area is 95.8 Å². The largest absolute Gasteiger partial charge is 0.447 e. The molecule has 1 fully saturated rings. The Morgan fingerprint density at radius 3 is 2.31 bits per heavy atom. The molecule has 3 nitrogen and oxygen atoms in total. The van der Waals surface area contributed by atoms with Crippen molar-refractivity contribution in [2.45, 2.75) is 32.2 Å². The predicted molar refractivity (Wildman–Crippen MR) is 62.4 cm³/mol. The van der Waals surface area contributed by atoms with Crippen molar-refractivity contribution in [3.05, 3.63) is 35.4 Å². The zero-order chi connectivity index (χ0) is 11.8. The molecule has 16 heavy (non-hydrogen) atoms. The molecule has 0 unspecified atom stereocenters. The van der Waals surface area contributed by atoms with Crippen molar-refractivity contribution in [3.63, 3.8) is 0 Å². The molecule has 1 aromatic rings. The summed E-state index contributed by atoms with van der Waals surface area (Å²) in [6, 6.07) is 8.33. The third-order valence-electron chi connectivity index (χ3n) is 2.85. The van der Waals surface area contributed by atoms with E-state index in [0.29, 0.717) is 6.61 Å². The van der Waals surface area contributed by atoms with E-state index in [0.717, 1.165) is 5.56 Å². The van der Waals surface area contributed by atoms with Crippen LogP contribution in [0.5, 0.6) is 0 Å². The second kappa shape index (κ2) is 3.81. The first-order chi connectivity index (χ1) is 7.47. The van der Waals surface area contributed by atoms with E-state index in [1.54, 1.807) is 0 Å². The van der Waals surface area contributed by atoms with Gasteiger partial charge in [0.15, 0.2) is 0 Å². The summed E-state index contributed by atoms with van der Waals surface area (Å²) in [5.74, 6) is 0. The van der Waals surface area contributed by atoms with E-state index in [1.165, 1.54) is 5.56 Å². The number of carbonyl (C=O) groups excluding carboxylic acids is 1. The molecule has 1 saturated heterocycles. The first-order valence-electron chi connectivity index (χ1n) is 5.50. The van der Waals surface area contributed by atoms with Gasteiger partial charge in [0.2, 0.25) is 0 Å². The first-order valence-corrected chi connectivity index (χ1v) is 5.50. The van der Waals surface area contributed by atoms with Gasteiger partial charge in [0, 0.05) is 0 Å². The number of cyclic esters (lactones) is 1. The summed E-state index contributed by atoms with van der Waals surface area (Å²) >= 11 is 0. The smallest absolute Gasteiger partial charge is 0.407 e. The van der Waals surface area contributed by atoms with Crippen molar-refractivity contribution in [1.82, 2.24) is 5.32 Å². The zero-order valence-corrected chi connectivity index (χ0v) is 9.91. The quantitative estimate of drug-likeness (QED) is 0.788. The van der Waals surface area contributed by atoms with Crippen LogP contribution >= 0.6 is 0 Å². The monoisotopic (exact) mass is 219 g/mol. The van der Waals surface area contributed by atoms with E-state index in [9.17, 15) is 4.79 Å². The van der Waals surface area contributed by atoms with Crippen LogP contribution in [0, 0.1) is 0 Å². The third kappa shape index (κ3) is 2.18. The van der Waals surface area contributed by atoms with Gasteiger partial charge < -0.3 is 10.1 Å². The van der Waals surface area contributed by atoms with Crippen molar-refractivity contribution in [2.75, 3.05) is 6.61 Å². The fraction of sp³-hybridized carbons (Fsp3) is 0.462. The summed E-state index contributed by atoms with van der Waals surface area (Å²) in [5, 5.41) is 2.77. The van der Waals surface area contributed by atoms with Crippen LogP contribution in [0.2, 0.25) is 0 Å². The van der Waals surface area contributed by atoms with Gasteiger partial charge in [-0.1, -0.05) is 45.0 Å². The van der Waals surface area contributed by atoms with E-state index in [-0.39, 0.29) is 17.6 Å². The molecular weight excluding hydrogens is 202 g/mol. The number of hydrogen-bond acceptors (Lipinski definition) is 2. The van der Waals surface area contributed by atoms with Crippen LogP contribution in [-0.2, 0) is 10.2 Å². The van der Waals surface area contributed by atoms with Crippen LogP contribution in [0.1, 0.15) is 37.9 Å². The normalized spacial score (nSPS) is 20.4. The van der Waals surface area contributed by atoms with Gasteiger partial charge in [-0.15, -0.1) is 0 Å². The summed E-state index contributed by atoms with van der Waals surface area (Å²) in [4.78, 5) is 10.9. The van der Waals surface area contributed by atoms with E-state index >= 15 is 0 Å². The minimum absolute atomic E-state index is 0.00141. The van der Waals surface area contributed by atoms with Crippen LogP contribution < -0.4 is 5.32 Å². The minimum Gasteiger partial charge on any atom is -0.447 e. The summed E-state index contributed by atoms with van der Waals surface area (Å²) < 4.78 is 4.87. The number of ether oxygens (including phenoxy) is 1. The van der Waals surface area contributed by atoms with Crippen LogP contribution in [0.4, 0.5) is 4.79 Å². The highest BCUT2D eigenvalue weighted by Gasteiger charge is 2.24. The molecule has 0 spiro atoms. The highest BCUT2D eigenvalue weighted by atomic mass is 16.6. The van der Waals surface area contributed by atoms with Gasteiger partial charge in [0.05, 0.1) is 6.04 Å². The summed E-state index contributed by atoms with van der Waals surface area (Å²) in [7, 11) is 0. The van der Waals surface area contributed by atoms with Gasteiger partial charge in [-0.05, 0) is 16.5 Å². The number of carbonyl (C=O) groups is 1. The molecule has 0 radical (unpaired) electrons. The molecule has 1 heterocycles. The maximum Gasteiger partial charge on any atom is 0.407 e. The Morgan fingerprint density at radius 2 is 1.88 bits per heavy atom. The first kappa shape index (κ1) is 11.0. The molecule has 2 rings (SSSR count). The summed E-state index contributed by atoms with van der Waals surface area (Å²) in [5.41, 5.74) is 2.55. The topological polar surface area (TPSA) is 38.3 Å². The lowest BCUT2D eigenvalue weighted by Crippen LogP contribution is -2.18. The number of benzene rings is 1. The summed E-state index contributed by atoms with van der Waals surface area (Å²) in [6.45, 7) is 6.97. The van der Waals surface area contributed by atoms with Crippen molar-refractivity contribution < 1.29 is 9.53 Å². The zero-order valence-electron chi connectivity index (χ0n) is 9.91. The van der Waals surface area contributed by atoms with Crippen molar-refractivity contribution in [2.24, 2.45) is 0 Å². The number of nitrogens with one attached hydrogen (secondary N) is 1. The molecule has 1 atom stereocenters. The average molecular weight is 219 g/mol. The fourth-order valence-electron chi connectivity index (χ4n) is 1.78. The number of amides is 1. The molecule has 0 bridgehead atoms. The van der Waals surface area contributed by atoms with Gasteiger partial charge >= 0.3 is 6.09 Å². The van der Waals surface area contributed by atoms with E-state index in [2.05, 4.69) is 50.4 Å². The molecule has 86 valence electrons. The average Bonchev–Trinajstić information content (AvgIpc) is 2.64. The Morgan fingerprint density at radius 1 is 1.25 bits per heavy atom. The molecule has 1 amide bonds. The maximum atomic E-state index is 10.9. The highest BCUT2D eigenvalue weighted by Crippen LogP contribution is 2.25. The van der Waals surface area contributed by atoms with Gasteiger partial charge in [0.1, 0.15) is 6.61 Å². The van der Waals surface area contributed by atoms with Gasteiger partial charge in [-0.2, -0.15) is 0 Å². The fourth-order valence-corrected chi connectivity index (χ4v) is 1.78. The third-order valence-corrected chi connectivity index (χ3v) is 2.85. The van der Waals surface area contributed by atoms with Crippen LogP contribution in [0.3, 0.4) is 0 Å². The van der Waals surface area contributed by atoms with Crippen molar-refractivity contribution >= 4 is 6.09 Å². The van der Waals surface area contributed by atoms with E-state index < -0.39 is 0 Å². The SMILES string of the molecule is CC(C)(C)c1ccc([C@H]2COC(=O)N2)cc1. The maximum absolute atomic E-state index is 10.9. The lowest BCUT2D eigenvalue weighted by atomic mass is 9.86. The van der Waals surface area contributed by atoms with Crippen LogP contribution in [-0.4, -0.2) is 12.7 Å². The van der Waals surface area contributed by atoms with Gasteiger partial charge in [0.25, 0.3) is 0 Å². The summed E-state index contributed by atoms with van der Waals surface area (Å²) in [6.07, 6.45) is -0.329. The Bertz CT molecular complexity index is 389. The molecule has 0 saturated carbocycles. The van der Waals surface area contributed by atoms with E-state index in [4.69, 9.17) is 4.74 Å². The minimum atomic E-state index is -0.329. The van der Waals surface area contributed by atoms with E-state index in [1.807, 2.05) is 0 Å². The molecular formula is C13H17NO2. The predicted octanol–water partition coefficient (Wildman–Crippen LogP) is 2.77. The van der Waals surface area contributed by atoms with Crippen LogP contribution in [0.25, 0.3) is 0 Å². The number of alkyl carbamates (subject to hydrolysis) is 1. The lowest BCUT2D eigenvalue weighted by molar-refractivity contribution is 0.177. The molecule has 0 aliphatic carbocycles.